The molecule has 1 saturated heterocycles. The van der Waals surface area contributed by atoms with Crippen LogP contribution in [0.15, 0.2) is 0 Å². The van der Waals surface area contributed by atoms with Crippen LogP contribution in [0.2, 0.25) is 0 Å². The van der Waals surface area contributed by atoms with Crippen molar-refractivity contribution in [2.45, 2.75) is 65.1 Å². The molecule has 106 valence electrons. The van der Waals surface area contributed by atoms with Crippen LogP contribution in [0.5, 0.6) is 0 Å². The molecule has 6 heteroatoms. The molecule has 0 aromatic carbocycles. The Labute approximate surface area is 119 Å². The van der Waals surface area contributed by atoms with E-state index in [2.05, 4.69) is 25.8 Å². The third kappa shape index (κ3) is 2.53. The fourth-order valence-corrected chi connectivity index (χ4v) is 3.00. The first-order valence-electron chi connectivity index (χ1n) is 6.56. The molecule has 0 atom stereocenters. The summed E-state index contributed by atoms with van der Waals surface area (Å²) < 4.78 is 13.2. The zero-order valence-corrected chi connectivity index (χ0v) is 13.6. The predicted molar refractivity (Wildman–Crippen MR) is 80.9 cm³/mol. The summed E-state index contributed by atoms with van der Waals surface area (Å²) in [6, 6.07) is 0. The van der Waals surface area contributed by atoms with Crippen molar-refractivity contribution in [3.63, 3.8) is 0 Å². The number of hydrogen-bond donors (Lipinski definition) is 1. The first kappa shape index (κ1) is 14.8. The van der Waals surface area contributed by atoms with Crippen LogP contribution in [-0.2, 0) is 14.7 Å². The van der Waals surface area contributed by atoms with Crippen molar-refractivity contribution in [2.75, 3.05) is 5.73 Å². The lowest BCUT2D eigenvalue weighted by Crippen LogP contribution is -2.41. The summed E-state index contributed by atoms with van der Waals surface area (Å²) in [6.45, 7) is 14.6. The minimum atomic E-state index is -0.381. The molecule has 2 N–H and O–H groups in total. The van der Waals surface area contributed by atoms with Gasteiger partial charge in [-0.05, 0) is 27.7 Å². The molecule has 1 fully saturated rings. The topological polar surface area (TPSA) is 57.4 Å². The number of thiazole rings is 1. The van der Waals surface area contributed by atoms with Gasteiger partial charge in [0.1, 0.15) is 0 Å². The van der Waals surface area contributed by atoms with Crippen molar-refractivity contribution in [1.29, 1.82) is 0 Å². The van der Waals surface area contributed by atoms with E-state index >= 15 is 0 Å². The number of anilines is 1. The summed E-state index contributed by atoms with van der Waals surface area (Å²) in [5.41, 5.74) is 6.08. The van der Waals surface area contributed by atoms with Gasteiger partial charge in [-0.2, -0.15) is 0 Å². The van der Waals surface area contributed by atoms with E-state index < -0.39 is 0 Å². The lowest BCUT2D eigenvalue weighted by molar-refractivity contribution is 0.00578. The maximum absolute atomic E-state index is 6.09. The molecular weight excluding hydrogens is 259 g/mol. The molecule has 0 spiro atoms. The lowest BCUT2D eigenvalue weighted by atomic mass is 9.79. The number of nitrogen functional groups attached to an aromatic ring is 1. The molecule has 0 amide bonds. The van der Waals surface area contributed by atoms with Gasteiger partial charge in [-0.15, -0.1) is 11.3 Å². The van der Waals surface area contributed by atoms with Crippen molar-refractivity contribution in [1.82, 2.24) is 4.98 Å². The maximum atomic E-state index is 6.09. The second-order valence-corrected chi connectivity index (χ2v) is 8.17. The van der Waals surface area contributed by atoms with Gasteiger partial charge in [0.05, 0.1) is 21.7 Å². The van der Waals surface area contributed by atoms with Crippen LogP contribution in [0.1, 0.15) is 54.2 Å². The van der Waals surface area contributed by atoms with Gasteiger partial charge in [0.25, 0.3) is 0 Å². The minimum Gasteiger partial charge on any atom is -0.399 e. The highest BCUT2D eigenvalue weighted by Gasteiger charge is 2.53. The first-order valence-corrected chi connectivity index (χ1v) is 7.38. The third-order valence-corrected chi connectivity index (χ3v) is 4.75. The van der Waals surface area contributed by atoms with E-state index in [1.54, 1.807) is 0 Å². The molecule has 1 aliphatic heterocycles. The highest BCUT2D eigenvalue weighted by atomic mass is 32.1. The van der Waals surface area contributed by atoms with Crippen LogP contribution >= 0.6 is 11.3 Å². The highest BCUT2D eigenvalue weighted by molar-refractivity contribution is 7.25. The zero-order valence-electron chi connectivity index (χ0n) is 12.8. The summed E-state index contributed by atoms with van der Waals surface area (Å²) in [5, 5.41) is 0.564. The summed E-state index contributed by atoms with van der Waals surface area (Å²) >= 11 is 1.46. The average molecular weight is 282 g/mol. The molecule has 0 aliphatic carbocycles. The maximum Gasteiger partial charge on any atom is 0.507 e. The van der Waals surface area contributed by atoms with Crippen molar-refractivity contribution >= 4 is 28.4 Å². The number of aromatic nitrogens is 1. The number of rotatable bonds is 1. The number of nitrogens with two attached hydrogens (primary N) is 1. The molecule has 1 aromatic heterocycles. The van der Waals surface area contributed by atoms with E-state index in [4.69, 9.17) is 15.0 Å². The highest BCUT2D eigenvalue weighted by Crippen LogP contribution is 2.38. The summed E-state index contributed by atoms with van der Waals surface area (Å²) in [4.78, 5) is 4.46. The summed E-state index contributed by atoms with van der Waals surface area (Å²) in [5.74, 6) is 0. The zero-order chi connectivity index (χ0) is 14.6. The van der Waals surface area contributed by atoms with Crippen LogP contribution in [-0.4, -0.2) is 23.3 Å². The third-order valence-electron chi connectivity index (χ3n) is 3.85. The van der Waals surface area contributed by atoms with Crippen LogP contribution in [0.4, 0.5) is 5.13 Å². The monoisotopic (exact) mass is 282 g/mol. The second kappa shape index (κ2) is 4.20. The molecule has 2 heterocycles. The molecule has 1 aliphatic rings. The Kier molecular flexibility index (Phi) is 3.28. The number of nitrogens with zero attached hydrogens (tertiary/aromatic N) is 1. The molecule has 2 rings (SSSR count). The smallest absolute Gasteiger partial charge is 0.399 e. The van der Waals surface area contributed by atoms with Crippen molar-refractivity contribution in [3.8, 4) is 0 Å². The lowest BCUT2D eigenvalue weighted by Gasteiger charge is -2.32. The Bertz CT molecular complexity index is 475. The Morgan fingerprint density at radius 2 is 1.58 bits per heavy atom. The molecular formula is C13H23BN2O2S. The largest absolute Gasteiger partial charge is 0.507 e. The fraction of sp³-hybridized carbons (Fsp3) is 0.769. The van der Waals surface area contributed by atoms with E-state index in [-0.39, 0.29) is 23.7 Å². The normalized spacial score (nSPS) is 21.9. The second-order valence-electron chi connectivity index (χ2n) is 7.10. The SMILES string of the molecule is CC(C)(C)c1nc(N)sc1B1OC(C)(C)C(C)(C)O1. The van der Waals surface area contributed by atoms with E-state index in [1.165, 1.54) is 11.3 Å². The van der Waals surface area contributed by atoms with Gasteiger partial charge in [0, 0.05) is 5.41 Å². The standard InChI is InChI=1S/C13H23BN2O2S/c1-11(2,3)8-9(19-10(15)16-8)14-17-12(4,5)13(6,7)18-14/h1-7H3,(H2,15,16). The Balaban J connectivity index is 2.40. The summed E-state index contributed by atoms with van der Waals surface area (Å²) in [6.07, 6.45) is 0. The Morgan fingerprint density at radius 1 is 1.11 bits per heavy atom. The first-order chi connectivity index (χ1) is 8.44. The van der Waals surface area contributed by atoms with Gasteiger partial charge in [-0.3, -0.25) is 0 Å². The molecule has 0 radical (unpaired) electrons. The van der Waals surface area contributed by atoms with Crippen LogP contribution in [0, 0.1) is 0 Å². The molecule has 1 aromatic rings. The molecule has 0 bridgehead atoms. The van der Waals surface area contributed by atoms with E-state index in [0.29, 0.717) is 5.13 Å². The van der Waals surface area contributed by atoms with Gasteiger partial charge in [-0.1, -0.05) is 20.8 Å². The fourth-order valence-electron chi connectivity index (χ4n) is 2.00. The Hall–Kier alpha value is -0.585. The van der Waals surface area contributed by atoms with E-state index in [0.717, 1.165) is 10.5 Å². The van der Waals surface area contributed by atoms with Crippen LogP contribution in [0.25, 0.3) is 0 Å². The quantitative estimate of drug-likeness (QED) is 0.803. The molecule has 19 heavy (non-hydrogen) atoms. The van der Waals surface area contributed by atoms with Crippen molar-refractivity contribution in [2.24, 2.45) is 0 Å². The van der Waals surface area contributed by atoms with Gasteiger partial charge in [-0.25, -0.2) is 4.98 Å². The number of hydrogen-bond acceptors (Lipinski definition) is 5. The molecule has 4 nitrogen and oxygen atoms in total. The average Bonchev–Trinajstić information content (AvgIpc) is 2.65. The summed E-state index contributed by atoms with van der Waals surface area (Å²) in [7, 11) is -0.381. The molecule has 0 saturated carbocycles. The van der Waals surface area contributed by atoms with Crippen molar-refractivity contribution < 1.29 is 9.31 Å². The van der Waals surface area contributed by atoms with Gasteiger partial charge in [0.15, 0.2) is 5.13 Å². The van der Waals surface area contributed by atoms with Crippen LogP contribution in [0.3, 0.4) is 0 Å². The predicted octanol–water partition coefficient (Wildman–Crippen LogP) is 2.32. The minimum absolute atomic E-state index is 0.0763. The van der Waals surface area contributed by atoms with E-state index in [9.17, 15) is 0 Å². The van der Waals surface area contributed by atoms with Gasteiger partial charge < -0.3 is 15.0 Å². The molecule has 0 unspecified atom stereocenters. The van der Waals surface area contributed by atoms with Crippen LogP contribution < -0.4 is 10.5 Å². The van der Waals surface area contributed by atoms with Crippen molar-refractivity contribution in [3.05, 3.63) is 5.69 Å². The van der Waals surface area contributed by atoms with Gasteiger partial charge >= 0.3 is 7.12 Å². The van der Waals surface area contributed by atoms with E-state index in [1.807, 2.05) is 27.7 Å². The van der Waals surface area contributed by atoms with Gasteiger partial charge in [0.2, 0.25) is 0 Å². The Morgan fingerprint density at radius 3 is 2.00 bits per heavy atom.